The fourth-order valence-electron chi connectivity index (χ4n) is 5.30. The highest BCUT2D eigenvalue weighted by atomic mass is 32.1. The molecule has 10 heteroatoms. The topological polar surface area (TPSA) is 77.4 Å². The number of benzene rings is 1. The highest BCUT2D eigenvalue weighted by Gasteiger charge is 2.26. The van der Waals surface area contributed by atoms with Crippen molar-refractivity contribution in [2.45, 2.75) is 19.8 Å². The van der Waals surface area contributed by atoms with E-state index in [2.05, 4.69) is 19.5 Å². The van der Waals surface area contributed by atoms with Gasteiger partial charge in [-0.05, 0) is 44.1 Å². The van der Waals surface area contributed by atoms with Crippen molar-refractivity contribution in [2.24, 2.45) is 0 Å². The zero-order valence-corrected chi connectivity index (χ0v) is 21.9. The molecule has 5 heterocycles. The van der Waals surface area contributed by atoms with Crippen LogP contribution >= 0.6 is 22.7 Å². The standard InChI is InChI=1S/C26H29N5O3S2/c1-17(32)29-12-14-30(15-13-29)21-16-18-23(33)22(24(34)27-8-11-28-9-4-5-10-28)26-31(25(18)36-21)19-6-2-3-7-20(19)35-26/h2-3,6-7,16H,4-5,8-15H2,1H3,(H,27,34). The van der Waals surface area contributed by atoms with Gasteiger partial charge < -0.3 is 20.0 Å². The molecular weight excluding hydrogens is 494 g/mol. The fourth-order valence-corrected chi connectivity index (χ4v) is 7.78. The summed E-state index contributed by atoms with van der Waals surface area (Å²) in [5.41, 5.74) is 1.03. The van der Waals surface area contributed by atoms with Crippen LogP contribution in [0.15, 0.2) is 35.1 Å². The average molecular weight is 524 g/mol. The van der Waals surface area contributed by atoms with Crippen LogP contribution in [0.3, 0.4) is 0 Å². The van der Waals surface area contributed by atoms with Crippen molar-refractivity contribution < 1.29 is 9.59 Å². The van der Waals surface area contributed by atoms with Crippen LogP contribution in [0.5, 0.6) is 0 Å². The number of pyridine rings is 1. The van der Waals surface area contributed by atoms with E-state index < -0.39 is 0 Å². The molecule has 2 aliphatic rings. The van der Waals surface area contributed by atoms with E-state index in [1.165, 1.54) is 24.2 Å². The summed E-state index contributed by atoms with van der Waals surface area (Å²) >= 11 is 3.08. The maximum Gasteiger partial charge on any atom is 0.258 e. The number of rotatable bonds is 5. The van der Waals surface area contributed by atoms with Crippen LogP contribution in [0.1, 0.15) is 30.1 Å². The SMILES string of the molecule is CC(=O)N1CCN(c2cc3c(=O)c(C(=O)NCCN4CCCC4)c4sc5ccccc5n4c3s2)CC1. The predicted octanol–water partition coefficient (Wildman–Crippen LogP) is 3.22. The number of carbonyl (C=O) groups is 2. The molecule has 2 fully saturated rings. The second-order valence-electron chi connectivity index (χ2n) is 9.52. The van der Waals surface area contributed by atoms with Gasteiger partial charge >= 0.3 is 0 Å². The third kappa shape index (κ3) is 4.07. The smallest absolute Gasteiger partial charge is 0.258 e. The molecule has 4 aromatic rings. The van der Waals surface area contributed by atoms with Gasteiger partial charge in [-0.15, -0.1) is 11.3 Å². The van der Waals surface area contributed by atoms with Gasteiger partial charge in [0, 0.05) is 46.2 Å². The van der Waals surface area contributed by atoms with Gasteiger partial charge in [0.1, 0.15) is 15.2 Å². The van der Waals surface area contributed by atoms with Crippen LogP contribution in [0, 0.1) is 0 Å². The molecule has 1 N–H and O–H groups in total. The molecule has 2 aliphatic heterocycles. The minimum atomic E-state index is -0.298. The number of hydrogen-bond donors (Lipinski definition) is 1. The minimum absolute atomic E-state index is 0.0928. The summed E-state index contributed by atoms with van der Waals surface area (Å²) in [6, 6.07) is 9.99. The largest absolute Gasteiger partial charge is 0.360 e. The van der Waals surface area contributed by atoms with Crippen molar-refractivity contribution in [1.82, 2.24) is 19.5 Å². The quantitative estimate of drug-likeness (QED) is 0.435. The zero-order chi connectivity index (χ0) is 24.8. The Morgan fingerprint density at radius 3 is 2.47 bits per heavy atom. The van der Waals surface area contributed by atoms with E-state index in [-0.39, 0.29) is 22.8 Å². The van der Waals surface area contributed by atoms with E-state index in [0.29, 0.717) is 29.9 Å². The zero-order valence-electron chi connectivity index (χ0n) is 20.3. The summed E-state index contributed by atoms with van der Waals surface area (Å²) in [6.45, 7) is 7.87. The van der Waals surface area contributed by atoms with Crippen molar-refractivity contribution >= 4 is 64.8 Å². The van der Waals surface area contributed by atoms with Crippen molar-refractivity contribution in [3.8, 4) is 0 Å². The van der Waals surface area contributed by atoms with Crippen LogP contribution in [0.2, 0.25) is 0 Å². The molecule has 2 amide bonds. The molecule has 0 unspecified atom stereocenters. The van der Waals surface area contributed by atoms with Gasteiger partial charge in [0.05, 0.1) is 20.6 Å². The molecular formula is C26H29N5O3S2. The third-order valence-corrected chi connectivity index (χ3v) is 9.61. The van der Waals surface area contributed by atoms with Gasteiger partial charge in [-0.3, -0.25) is 18.8 Å². The van der Waals surface area contributed by atoms with Gasteiger partial charge in [0.2, 0.25) is 11.3 Å². The van der Waals surface area contributed by atoms with Gasteiger partial charge in [0.25, 0.3) is 5.91 Å². The molecule has 0 saturated carbocycles. The molecule has 0 atom stereocenters. The van der Waals surface area contributed by atoms with Crippen molar-refractivity contribution in [2.75, 3.05) is 57.3 Å². The number of nitrogens with zero attached hydrogens (tertiary/aromatic N) is 4. The van der Waals surface area contributed by atoms with Crippen molar-refractivity contribution in [1.29, 1.82) is 0 Å². The molecule has 2 saturated heterocycles. The van der Waals surface area contributed by atoms with E-state index in [0.717, 1.165) is 52.8 Å². The first-order valence-electron chi connectivity index (χ1n) is 12.5. The molecule has 0 bridgehead atoms. The molecule has 0 spiro atoms. The summed E-state index contributed by atoms with van der Waals surface area (Å²) in [7, 11) is 0. The van der Waals surface area contributed by atoms with E-state index in [9.17, 15) is 14.4 Å². The lowest BCUT2D eigenvalue weighted by Crippen LogP contribution is -2.47. The Balaban J connectivity index is 1.41. The van der Waals surface area contributed by atoms with E-state index in [1.54, 1.807) is 18.3 Å². The Morgan fingerprint density at radius 1 is 0.972 bits per heavy atom. The lowest BCUT2D eigenvalue weighted by molar-refractivity contribution is -0.129. The lowest BCUT2D eigenvalue weighted by Gasteiger charge is -2.34. The van der Waals surface area contributed by atoms with Crippen LogP contribution in [-0.4, -0.2) is 78.4 Å². The maximum atomic E-state index is 13.8. The molecule has 36 heavy (non-hydrogen) atoms. The first kappa shape index (κ1) is 23.4. The fraction of sp³-hybridized carbons (Fsp3) is 0.423. The van der Waals surface area contributed by atoms with Crippen LogP contribution < -0.4 is 15.6 Å². The number of amides is 2. The first-order valence-corrected chi connectivity index (χ1v) is 14.2. The monoisotopic (exact) mass is 523 g/mol. The summed E-state index contributed by atoms with van der Waals surface area (Å²) in [5, 5.41) is 4.60. The number of para-hydroxylation sites is 1. The van der Waals surface area contributed by atoms with E-state index in [1.807, 2.05) is 35.2 Å². The van der Waals surface area contributed by atoms with Crippen LogP contribution in [0.4, 0.5) is 5.00 Å². The molecule has 6 rings (SSSR count). The number of carbonyl (C=O) groups excluding carboxylic acids is 2. The normalized spacial score (nSPS) is 17.0. The molecule has 0 radical (unpaired) electrons. The van der Waals surface area contributed by atoms with Crippen LogP contribution in [0.25, 0.3) is 25.3 Å². The number of aromatic nitrogens is 1. The van der Waals surface area contributed by atoms with Gasteiger partial charge in [-0.25, -0.2) is 0 Å². The van der Waals surface area contributed by atoms with Gasteiger partial charge in [0.15, 0.2) is 0 Å². The van der Waals surface area contributed by atoms with Crippen LogP contribution in [-0.2, 0) is 4.79 Å². The summed E-state index contributed by atoms with van der Waals surface area (Å²) < 4.78 is 3.13. The van der Waals surface area contributed by atoms with E-state index >= 15 is 0 Å². The number of hydrogen-bond acceptors (Lipinski definition) is 7. The second kappa shape index (κ2) is 9.49. The number of thiophene rings is 1. The first-order chi connectivity index (χ1) is 17.5. The average Bonchev–Trinajstić information content (AvgIpc) is 3.62. The lowest BCUT2D eigenvalue weighted by atomic mass is 10.2. The molecule has 3 aromatic heterocycles. The maximum absolute atomic E-state index is 13.8. The molecule has 1 aromatic carbocycles. The molecule has 8 nitrogen and oxygen atoms in total. The number of fused-ring (bicyclic) bond motifs is 5. The number of likely N-dealkylation sites (tertiary alicyclic amines) is 1. The minimum Gasteiger partial charge on any atom is -0.360 e. The van der Waals surface area contributed by atoms with Gasteiger partial charge in [-0.2, -0.15) is 0 Å². The summed E-state index contributed by atoms with van der Waals surface area (Å²) in [5.74, 6) is -0.205. The van der Waals surface area contributed by atoms with E-state index in [4.69, 9.17) is 0 Å². The molecule has 0 aliphatic carbocycles. The Morgan fingerprint density at radius 2 is 1.72 bits per heavy atom. The number of anilines is 1. The predicted molar refractivity (Wildman–Crippen MR) is 147 cm³/mol. The highest BCUT2D eigenvalue weighted by Crippen LogP contribution is 2.37. The number of piperazine rings is 1. The Hall–Kier alpha value is -2.95. The molecule has 188 valence electrons. The third-order valence-electron chi connectivity index (χ3n) is 7.28. The van der Waals surface area contributed by atoms with Gasteiger partial charge in [-0.1, -0.05) is 23.5 Å². The summed E-state index contributed by atoms with van der Waals surface area (Å²) in [6.07, 6.45) is 2.41. The number of nitrogens with one attached hydrogen (secondary N) is 1. The highest BCUT2D eigenvalue weighted by molar-refractivity contribution is 7.25. The van der Waals surface area contributed by atoms with Crippen molar-refractivity contribution in [3.63, 3.8) is 0 Å². The Kier molecular flexibility index (Phi) is 6.18. The Bertz CT molecular complexity index is 1520. The second-order valence-corrected chi connectivity index (χ2v) is 11.6. The Labute approximate surface area is 216 Å². The number of thiazole rings is 1. The van der Waals surface area contributed by atoms with Crippen molar-refractivity contribution in [3.05, 3.63) is 46.1 Å². The summed E-state index contributed by atoms with van der Waals surface area (Å²) in [4.78, 5) is 46.9.